The molecule has 6 nitrogen and oxygen atoms in total. The van der Waals surface area contributed by atoms with E-state index in [1.54, 1.807) is 0 Å². The Labute approximate surface area is 115 Å². The Balaban J connectivity index is 1.65. The maximum absolute atomic E-state index is 5.22. The summed E-state index contributed by atoms with van der Waals surface area (Å²) in [6, 6.07) is 9.72. The maximum Gasteiger partial charge on any atom is 0.227 e. The van der Waals surface area contributed by atoms with Gasteiger partial charge in [-0.25, -0.2) is 0 Å². The molecule has 0 bridgehead atoms. The summed E-state index contributed by atoms with van der Waals surface area (Å²) in [5.41, 5.74) is 0.938. The van der Waals surface area contributed by atoms with Crippen molar-refractivity contribution < 1.29 is 9.05 Å². The summed E-state index contributed by atoms with van der Waals surface area (Å²) in [4.78, 5) is 8.60. The van der Waals surface area contributed by atoms with Crippen molar-refractivity contribution in [3.05, 3.63) is 47.9 Å². The Hall–Kier alpha value is -2.50. The summed E-state index contributed by atoms with van der Waals surface area (Å²) in [5.74, 6) is 2.48. The van der Waals surface area contributed by atoms with Gasteiger partial charge in [0.05, 0.1) is 0 Å². The molecule has 102 valence electrons. The lowest BCUT2D eigenvalue weighted by Gasteiger charge is -1.91. The lowest BCUT2D eigenvalue weighted by molar-refractivity contribution is 0.352. The summed E-state index contributed by atoms with van der Waals surface area (Å²) in [7, 11) is 0. The normalized spacial score (nSPS) is 10.8. The predicted molar refractivity (Wildman–Crippen MR) is 70.8 cm³/mol. The first-order chi connectivity index (χ1) is 9.85. The third kappa shape index (κ3) is 2.74. The quantitative estimate of drug-likeness (QED) is 0.708. The monoisotopic (exact) mass is 270 g/mol. The van der Waals surface area contributed by atoms with Crippen molar-refractivity contribution in [2.45, 2.75) is 26.2 Å². The molecule has 0 saturated carbocycles. The smallest absolute Gasteiger partial charge is 0.227 e. The molecule has 3 aromatic rings. The number of aryl methyl sites for hydroxylation is 3. The van der Waals surface area contributed by atoms with Gasteiger partial charge in [0.1, 0.15) is 0 Å². The van der Waals surface area contributed by atoms with Crippen LogP contribution in [0.25, 0.3) is 11.4 Å². The van der Waals surface area contributed by atoms with Crippen LogP contribution in [0.2, 0.25) is 0 Å². The fourth-order valence-corrected chi connectivity index (χ4v) is 1.81. The molecule has 6 heteroatoms. The van der Waals surface area contributed by atoms with Gasteiger partial charge >= 0.3 is 0 Å². The SMILES string of the molecule is CCc1noc(CCc2nc(-c3ccccc3)no2)n1. The highest BCUT2D eigenvalue weighted by Gasteiger charge is 2.10. The van der Waals surface area contributed by atoms with E-state index in [2.05, 4.69) is 20.3 Å². The van der Waals surface area contributed by atoms with Crippen LogP contribution in [0.4, 0.5) is 0 Å². The lowest BCUT2D eigenvalue weighted by Crippen LogP contribution is -1.92. The standard InChI is InChI=1S/C14H14N4O2/c1-2-11-15-12(19-17-11)8-9-13-16-14(18-20-13)10-6-4-3-5-7-10/h3-7H,2,8-9H2,1H3. The van der Waals surface area contributed by atoms with Crippen LogP contribution in [0.15, 0.2) is 39.4 Å². The molecule has 3 rings (SSSR count). The van der Waals surface area contributed by atoms with Gasteiger partial charge in [-0.3, -0.25) is 0 Å². The second-order valence-electron chi connectivity index (χ2n) is 4.34. The summed E-state index contributed by atoms with van der Waals surface area (Å²) in [6.07, 6.45) is 1.96. The number of hydrogen-bond donors (Lipinski definition) is 0. The average molecular weight is 270 g/mol. The van der Waals surface area contributed by atoms with Crippen LogP contribution in [0, 0.1) is 0 Å². The van der Waals surface area contributed by atoms with Gasteiger partial charge in [0.2, 0.25) is 17.6 Å². The predicted octanol–water partition coefficient (Wildman–Crippen LogP) is 2.47. The highest BCUT2D eigenvalue weighted by molar-refractivity contribution is 5.53. The van der Waals surface area contributed by atoms with Crippen LogP contribution in [0.1, 0.15) is 24.5 Å². The van der Waals surface area contributed by atoms with Crippen LogP contribution < -0.4 is 0 Å². The van der Waals surface area contributed by atoms with Gasteiger partial charge < -0.3 is 9.05 Å². The third-order valence-electron chi connectivity index (χ3n) is 2.88. The zero-order chi connectivity index (χ0) is 13.8. The van der Waals surface area contributed by atoms with Crippen molar-refractivity contribution in [1.82, 2.24) is 20.3 Å². The molecule has 0 saturated heterocycles. The molecule has 0 aliphatic carbocycles. The van der Waals surface area contributed by atoms with Gasteiger partial charge in [0, 0.05) is 24.8 Å². The third-order valence-corrected chi connectivity index (χ3v) is 2.88. The summed E-state index contributed by atoms with van der Waals surface area (Å²) in [6.45, 7) is 1.98. The van der Waals surface area contributed by atoms with Gasteiger partial charge in [0.25, 0.3) is 0 Å². The maximum atomic E-state index is 5.22. The molecular weight excluding hydrogens is 256 g/mol. The molecule has 0 unspecified atom stereocenters. The largest absolute Gasteiger partial charge is 0.339 e. The number of hydrogen-bond acceptors (Lipinski definition) is 6. The molecule has 0 fully saturated rings. The van der Waals surface area contributed by atoms with Crippen molar-refractivity contribution in [2.75, 3.05) is 0 Å². The van der Waals surface area contributed by atoms with Gasteiger partial charge in [-0.2, -0.15) is 9.97 Å². The van der Waals surface area contributed by atoms with Gasteiger partial charge in [0.15, 0.2) is 5.82 Å². The lowest BCUT2D eigenvalue weighted by atomic mass is 10.2. The Morgan fingerprint density at radius 3 is 2.30 bits per heavy atom. The van der Waals surface area contributed by atoms with E-state index in [0.717, 1.165) is 17.8 Å². The molecule has 0 aliphatic rings. The molecule has 0 amide bonds. The fraction of sp³-hybridized carbons (Fsp3) is 0.286. The molecule has 0 N–H and O–H groups in total. The first-order valence-electron chi connectivity index (χ1n) is 6.54. The van der Waals surface area contributed by atoms with Crippen molar-refractivity contribution in [3.8, 4) is 11.4 Å². The second-order valence-corrected chi connectivity index (χ2v) is 4.34. The molecule has 0 spiro atoms. The van der Waals surface area contributed by atoms with E-state index in [4.69, 9.17) is 9.05 Å². The Morgan fingerprint density at radius 2 is 1.60 bits per heavy atom. The van der Waals surface area contributed by atoms with Crippen molar-refractivity contribution in [2.24, 2.45) is 0 Å². The second kappa shape index (κ2) is 5.64. The van der Waals surface area contributed by atoms with Gasteiger partial charge in [-0.1, -0.05) is 47.6 Å². The van der Waals surface area contributed by atoms with Crippen LogP contribution in [0.3, 0.4) is 0 Å². The molecule has 20 heavy (non-hydrogen) atoms. The van der Waals surface area contributed by atoms with Crippen molar-refractivity contribution >= 4 is 0 Å². The summed E-state index contributed by atoms with van der Waals surface area (Å²) in [5, 5.41) is 7.81. The molecule has 1 aromatic carbocycles. The Kier molecular flexibility index (Phi) is 3.54. The average Bonchev–Trinajstić information content (AvgIpc) is 3.15. The molecule has 0 aliphatic heterocycles. The number of benzene rings is 1. The Morgan fingerprint density at radius 1 is 0.900 bits per heavy atom. The fourth-order valence-electron chi connectivity index (χ4n) is 1.81. The van der Waals surface area contributed by atoms with Crippen LogP contribution in [-0.2, 0) is 19.3 Å². The van der Waals surface area contributed by atoms with Gasteiger partial charge in [-0.15, -0.1) is 0 Å². The van der Waals surface area contributed by atoms with E-state index in [1.165, 1.54) is 0 Å². The van der Waals surface area contributed by atoms with Crippen LogP contribution in [0.5, 0.6) is 0 Å². The zero-order valence-electron chi connectivity index (χ0n) is 11.1. The molecular formula is C14H14N4O2. The van der Waals surface area contributed by atoms with E-state index in [1.807, 2.05) is 37.3 Å². The summed E-state index contributed by atoms with van der Waals surface area (Å²) >= 11 is 0. The zero-order valence-corrected chi connectivity index (χ0v) is 11.1. The number of aromatic nitrogens is 4. The molecule has 0 atom stereocenters. The highest BCUT2D eigenvalue weighted by atomic mass is 16.5. The minimum absolute atomic E-state index is 0.570. The van der Waals surface area contributed by atoms with Gasteiger partial charge in [-0.05, 0) is 0 Å². The van der Waals surface area contributed by atoms with Crippen molar-refractivity contribution in [3.63, 3.8) is 0 Å². The minimum atomic E-state index is 0.570. The first-order valence-corrected chi connectivity index (χ1v) is 6.54. The Bertz CT molecular complexity index is 675. The van der Waals surface area contributed by atoms with E-state index >= 15 is 0 Å². The summed E-state index contributed by atoms with van der Waals surface area (Å²) < 4.78 is 10.3. The van der Waals surface area contributed by atoms with E-state index in [-0.39, 0.29) is 0 Å². The van der Waals surface area contributed by atoms with Crippen molar-refractivity contribution in [1.29, 1.82) is 0 Å². The van der Waals surface area contributed by atoms with E-state index < -0.39 is 0 Å². The first kappa shape index (κ1) is 12.5. The van der Waals surface area contributed by atoms with Crippen LogP contribution >= 0.6 is 0 Å². The molecule has 2 aromatic heterocycles. The van der Waals surface area contributed by atoms with E-state index in [9.17, 15) is 0 Å². The minimum Gasteiger partial charge on any atom is -0.339 e. The van der Waals surface area contributed by atoms with E-state index in [0.29, 0.717) is 30.4 Å². The molecule has 2 heterocycles. The number of nitrogens with zero attached hydrogens (tertiary/aromatic N) is 4. The highest BCUT2D eigenvalue weighted by Crippen LogP contribution is 2.15. The topological polar surface area (TPSA) is 77.8 Å². The molecule has 0 radical (unpaired) electrons. The number of rotatable bonds is 5. The van der Waals surface area contributed by atoms with Crippen LogP contribution in [-0.4, -0.2) is 20.3 Å².